The molecule has 1 aromatic heterocycles. The number of ether oxygens (including phenoxy) is 1. The molecule has 0 bridgehead atoms. The molecule has 0 atom stereocenters. The number of nitrogens with one attached hydrogen (secondary N) is 1. The molecule has 3 N–H and O–H groups in total. The van der Waals surface area contributed by atoms with Gasteiger partial charge in [0.1, 0.15) is 11.6 Å². The summed E-state index contributed by atoms with van der Waals surface area (Å²) in [7, 11) is 1.61. The summed E-state index contributed by atoms with van der Waals surface area (Å²) in [6.45, 7) is 0. The van der Waals surface area contributed by atoms with Gasteiger partial charge < -0.3 is 15.5 Å². The lowest BCUT2D eigenvalue weighted by Gasteiger charge is -2.05. The van der Waals surface area contributed by atoms with Crippen LogP contribution in [0.25, 0.3) is 22.6 Å². The third-order valence-electron chi connectivity index (χ3n) is 3.16. The Bertz CT molecular complexity index is 720. The fourth-order valence-corrected chi connectivity index (χ4v) is 2.11. The van der Waals surface area contributed by atoms with Crippen LogP contribution in [0.2, 0.25) is 0 Å². The number of nitrogens with two attached hydrogens (primary N) is 1. The molecule has 0 saturated carbocycles. The number of anilines is 1. The molecule has 4 heteroatoms. The number of hydrogen-bond acceptors (Lipinski definition) is 3. The zero-order valence-electron chi connectivity index (χ0n) is 11.1. The Morgan fingerprint density at radius 2 is 1.85 bits per heavy atom. The van der Waals surface area contributed by atoms with E-state index in [0.717, 1.165) is 22.6 Å². The Morgan fingerprint density at radius 3 is 2.55 bits per heavy atom. The molecule has 4 nitrogen and oxygen atoms in total. The third kappa shape index (κ3) is 2.23. The van der Waals surface area contributed by atoms with Crippen LogP contribution in [0.4, 0.5) is 5.69 Å². The van der Waals surface area contributed by atoms with Crippen LogP contribution in [0.3, 0.4) is 0 Å². The van der Waals surface area contributed by atoms with Crippen molar-refractivity contribution in [2.75, 3.05) is 12.8 Å². The molecule has 0 aliphatic rings. The van der Waals surface area contributed by atoms with Gasteiger partial charge in [-0.05, 0) is 18.2 Å². The van der Waals surface area contributed by atoms with Gasteiger partial charge in [0, 0.05) is 11.1 Å². The van der Waals surface area contributed by atoms with Crippen LogP contribution in [-0.4, -0.2) is 17.1 Å². The van der Waals surface area contributed by atoms with Gasteiger partial charge in [-0.2, -0.15) is 0 Å². The normalized spacial score (nSPS) is 10.4. The summed E-state index contributed by atoms with van der Waals surface area (Å²) < 4.78 is 5.16. The van der Waals surface area contributed by atoms with Crippen molar-refractivity contribution in [2.24, 2.45) is 0 Å². The number of nitrogen functional groups attached to an aromatic ring is 1. The molecule has 0 saturated heterocycles. The highest BCUT2D eigenvalue weighted by Crippen LogP contribution is 2.28. The molecule has 0 radical (unpaired) electrons. The van der Waals surface area contributed by atoms with E-state index in [2.05, 4.69) is 9.97 Å². The van der Waals surface area contributed by atoms with Gasteiger partial charge in [-0.25, -0.2) is 4.98 Å². The SMILES string of the molecule is COc1ccc(-c2cnc(-c3ccccc3)[nH]2)cc1N. The largest absolute Gasteiger partial charge is 0.495 e. The van der Waals surface area contributed by atoms with Crippen LogP contribution < -0.4 is 10.5 Å². The summed E-state index contributed by atoms with van der Waals surface area (Å²) in [5.74, 6) is 1.52. The molecule has 1 heterocycles. The predicted molar refractivity (Wildman–Crippen MR) is 80.4 cm³/mol. The van der Waals surface area contributed by atoms with Crippen LogP contribution >= 0.6 is 0 Å². The van der Waals surface area contributed by atoms with E-state index in [1.165, 1.54) is 0 Å². The standard InChI is InChI=1S/C16H15N3O/c1-20-15-8-7-12(9-13(15)17)14-10-18-16(19-14)11-5-3-2-4-6-11/h2-10H,17H2,1H3,(H,18,19). The second-order valence-electron chi connectivity index (χ2n) is 4.47. The minimum absolute atomic E-state index is 0.612. The Hall–Kier alpha value is -2.75. The molecular formula is C16H15N3O. The number of methoxy groups -OCH3 is 1. The molecule has 2 aromatic carbocycles. The van der Waals surface area contributed by atoms with E-state index >= 15 is 0 Å². The number of H-pyrrole nitrogens is 1. The first-order valence-corrected chi connectivity index (χ1v) is 6.32. The first kappa shape index (κ1) is 12.3. The Morgan fingerprint density at radius 1 is 1.05 bits per heavy atom. The van der Waals surface area contributed by atoms with Crippen molar-refractivity contribution in [1.29, 1.82) is 0 Å². The smallest absolute Gasteiger partial charge is 0.141 e. The first-order chi connectivity index (χ1) is 9.78. The lowest BCUT2D eigenvalue weighted by molar-refractivity contribution is 0.417. The fourth-order valence-electron chi connectivity index (χ4n) is 2.11. The van der Waals surface area contributed by atoms with Crippen LogP contribution in [0.5, 0.6) is 5.75 Å². The second-order valence-corrected chi connectivity index (χ2v) is 4.47. The van der Waals surface area contributed by atoms with Crippen molar-refractivity contribution in [3.63, 3.8) is 0 Å². The van der Waals surface area contributed by atoms with E-state index in [4.69, 9.17) is 10.5 Å². The third-order valence-corrected chi connectivity index (χ3v) is 3.16. The van der Waals surface area contributed by atoms with Crippen molar-refractivity contribution in [3.8, 4) is 28.4 Å². The number of hydrogen-bond donors (Lipinski definition) is 2. The van der Waals surface area contributed by atoms with E-state index in [1.807, 2.05) is 54.7 Å². The van der Waals surface area contributed by atoms with Crippen LogP contribution in [-0.2, 0) is 0 Å². The van der Waals surface area contributed by atoms with E-state index < -0.39 is 0 Å². The highest BCUT2D eigenvalue weighted by Gasteiger charge is 2.07. The van der Waals surface area contributed by atoms with Crippen LogP contribution in [0.1, 0.15) is 0 Å². The Labute approximate surface area is 117 Å². The summed E-state index contributed by atoms with van der Waals surface area (Å²) >= 11 is 0. The monoisotopic (exact) mass is 265 g/mol. The zero-order valence-corrected chi connectivity index (χ0v) is 11.1. The number of benzene rings is 2. The van der Waals surface area contributed by atoms with Gasteiger partial charge in [-0.1, -0.05) is 30.3 Å². The summed E-state index contributed by atoms with van der Waals surface area (Å²) in [5, 5.41) is 0. The average molecular weight is 265 g/mol. The number of imidazole rings is 1. The van der Waals surface area contributed by atoms with E-state index in [-0.39, 0.29) is 0 Å². The molecule has 3 aromatic rings. The number of rotatable bonds is 3. The lowest BCUT2D eigenvalue weighted by Crippen LogP contribution is -1.92. The summed E-state index contributed by atoms with van der Waals surface area (Å²) in [6, 6.07) is 15.7. The van der Waals surface area contributed by atoms with Gasteiger partial charge in [0.15, 0.2) is 0 Å². The molecular weight excluding hydrogens is 250 g/mol. The maximum Gasteiger partial charge on any atom is 0.141 e. The minimum atomic E-state index is 0.612. The van der Waals surface area contributed by atoms with E-state index in [9.17, 15) is 0 Å². The average Bonchev–Trinajstić information content (AvgIpc) is 2.98. The fraction of sp³-hybridized carbons (Fsp3) is 0.0625. The highest BCUT2D eigenvalue weighted by molar-refractivity contribution is 5.70. The van der Waals surface area contributed by atoms with Gasteiger partial charge in [-0.3, -0.25) is 0 Å². The lowest BCUT2D eigenvalue weighted by atomic mass is 10.1. The van der Waals surface area contributed by atoms with E-state index in [0.29, 0.717) is 11.4 Å². The highest BCUT2D eigenvalue weighted by atomic mass is 16.5. The number of aromatic amines is 1. The summed E-state index contributed by atoms with van der Waals surface area (Å²) in [6.07, 6.45) is 1.81. The van der Waals surface area contributed by atoms with Gasteiger partial charge >= 0.3 is 0 Å². The van der Waals surface area contributed by atoms with Crippen molar-refractivity contribution in [1.82, 2.24) is 9.97 Å². The van der Waals surface area contributed by atoms with Crippen molar-refractivity contribution in [3.05, 3.63) is 54.7 Å². The maximum absolute atomic E-state index is 5.93. The van der Waals surface area contributed by atoms with Gasteiger partial charge in [-0.15, -0.1) is 0 Å². The molecule has 0 amide bonds. The predicted octanol–water partition coefficient (Wildman–Crippen LogP) is 3.33. The van der Waals surface area contributed by atoms with Crippen molar-refractivity contribution < 1.29 is 4.74 Å². The molecule has 0 aliphatic heterocycles. The summed E-state index contributed by atoms with van der Waals surface area (Å²) in [5.41, 5.74) is 9.51. The molecule has 0 unspecified atom stereocenters. The Balaban J connectivity index is 1.96. The first-order valence-electron chi connectivity index (χ1n) is 6.32. The van der Waals surface area contributed by atoms with Crippen LogP contribution in [0.15, 0.2) is 54.7 Å². The summed E-state index contributed by atoms with van der Waals surface area (Å²) in [4.78, 5) is 7.71. The van der Waals surface area contributed by atoms with Gasteiger partial charge in [0.05, 0.1) is 24.7 Å². The molecule has 0 aliphatic carbocycles. The maximum atomic E-state index is 5.93. The van der Waals surface area contributed by atoms with Crippen LogP contribution in [0, 0.1) is 0 Å². The number of nitrogens with zero attached hydrogens (tertiary/aromatic N) is 1. The topological polar surface area (TPSA) is 63.9 Å². The molecule has 0 spiro atoms. The van der Waals surface area contributed by atoms with Gasteiger partial charge in [0.2, 0.25) is 0 Å². The quantitative estimate of drug-likeness (QED) is 0.714. The van der Waals surface area contributed by atoms with Crippen molar-refractivity contribution in [2.45, 2.75) is 0 Å². The van der Waals surface area contributed by atoms with E-state index in [1.54, 1.807) is 7.11 Å². The molecule has 20 heavy (non-hydrogen) atoms. The molecule has 3 rings (SSSR count). The molecule has 0 fully saturated rings. The second kappa shape index (κ2) is 5.09. The van der Waals surface area contributed by atoms with Crippen molar-refractivity contribution >= 4 is 5.69 Å². The van der Waals surface area contributed by atoms with Gasteiger partial charge in [0.25, 0.3) is 0 Å². The number of aromatic nitrogens is 2. The minimum Gasteiger partial charge on any atom is -0.495 e. The zero-order chi connectivity index (χ0) is 13.9. The Kier molecular flexibility index (Phi) is 3.13. The molecule has 100 valence electrons.